The molecule has 0 fully saturated rings. The number of aliphatic hydroxyl groups excluding tert-OH is 1. The Morgan fingerprint density at radius 2 is 2.19 bits per heavy atom. The van der Waals surface area contributed by atoms with E-state index in [9.17, 15) is 13.5 Å². The second kappa shape index (κ2) is 6.28. The number of nitrogens with zero attached hydrogens (tertiary/aromatic N) is 2. The third-order valence-corrected chi connectivity index (χ3v) is 4.48. The highest BCUT2D eigenvalue weighted by molar-refractivity contribution is 7.92. The third kappa shape index (κ3) is 3.43. The quantitative estimate of drug-likeness (QED) is 0.853. The zero-order valence-corrected chi connectivity index (χ0v) is 12.9. The molecular weight excluding hydrogens is 290 g/mol. The Morgan fingerprint density at radius 1 is 1.43 bits per heavy atom. The first-order chi connectivity index (χ1) is 9.97. The summed E-state index contributed by atoms with van der Waals surface area (Å²) in [7, 11) is -3.69. The van der Waals surface area contributed by atoms with Crippen molar-refractivity contribution in [3.63, 3.8) is 0 Å². The minimum Gasteiger partial charge on any atom is -0.390 e. The van der Waals surface area contributed by atoms with Crippen molar-refractivity contribution in [3.8, 4) is 0 Å². The van der Waals surface area contributed by atoms with E-state index in [1.165, 1.54) is 6.07 Å². The molecule has 0 aromatic carbocycles. The smallest absolute Gasteiger partial charge is 0.263 e. The van der Waals surface area contributed by atoms with Crippen LogP contribution in [0.4, 0.5) is 5.69 Å². The lowest BCUT2D eigenvalue weighted by molar-refractivity contribution is 0.270. The van der Waals surface area contributed by atoms with Gasteiger partial charge in [0.05, 0.1) is 18.0 Å². The van der Waals surface area contributed by atoms with Gasteiger partial charge >= 0.3 is 0 Å². The maximum atomic E-state index is 12.4. The van der Waals surface area contributed by atoms with Crippen LogP contribution < -0.4 is 4.72 Å². The zero-order chi connectivity index (χ0) is 15.5. The van der Waals surface area contributed by atoms with Crippen LogP contribution in [-0.2, 0) is 23.2 Å². The Bertz CT molecular complexity index is 723. The minimum absolute atomic E-state index is 0.142. The molecule has 0 aliphatic carbocycles. The lowest BCUT2D eigenvalue weighted by Crippen LogP contribution is -2.13. The first kappa shape index (κ1) is 15.5. The molecule has 0 radical (unpaired) electrons. The molecular formula is C14H19N3O3S. The Hall–Kier alpha value is -1.86. The topological polar surface area (TPSA) is 84.2 Å². The van der Waals surface area contributed by atoms with E-state index in [0.717, 1.165) is 6.42 Å². The van der Waals surface area contributed by atoms with Gasteiger partial charge in [-0.3, -0.25) is 9.71 Å². The largest absolute Gasteiger partial charge is 0.390 e. The van der Waals surface area contributed by atoms with Crippen molar-refractivity contribution in [2.75, 3.05) is 4.72 Å². The maximum Gasteiger partial charge on any atom is 0.263 e. The fourth-order valence-corrected chi connectivity index (χ4v) is 3.23. The SMILES string of the molecule is CCCn1cc(S(=O)(=O)Nc2cccnc2C)cc1CO. The molecule has 6 nitrogen and oxygen atoms in total. The summed E-state index contributed by atoms with van der Waals surface area (Å²) in [4.78, 5) is 4.20. The average Bonchev–Trinajstić information content (AvgIpc) is 2.86. The number of sulfonamides is 1. The first-order valence-corrected chi connectivity index (χ1v) is 8.20. The Labute approximate surface area is 124 Å². The molecule has 0 aliphatic heterocycles. The van der Waals surface area contributed by atoms with Crippen molar-refractivity contribution >= 4 is 15.7 Å². The van der Waals surface area contributed by atoms with Crippen molar-refractivity contribution in [1.29, 1.82) is 0 Å². The van der Waals surface area contributed by atoms with E-state index >= 15 is 0 Å². The van der Waals surface area contributed by atoms with Crippen LogP contribution in [-0.4, -0.2) is 23.1 Å². The molecule has 0 saturated heterocycles. The third-order valence-electron chi connectivity index (χ3n) is 3.15. The molecule has 0 amide bonds. The van der Waals surface area contributed by atoms with Crippen LogP contribution in [0, 0.1) is 6.92 Å². The second-order valence-electron chi connectivity index (χ2n) is 4.76. The van der Waals surface area contributed by atoms with Gasteiger partial charge < -0.3 is 9.67 Å². The van der Waals surface area contributed by atoms with Gasteiger partial charge in [0.25, 0.3) is 10.0 Å². The molecule has 2 rings (SSSR count). The summed E-state index contributed by atoms with van der Waals surface area (Å²) in [5.74, 6) is 0. The van der Waals surface area contributed by atoms with Gasteiger partial charge in [0.15, 0.2) is 0 Å². The van der Waals surface area contributed by atoms with E-state index in [0.29, 0.717) is 23.6 Å². The van der Waals surface area contributed by atoms with Crippen LogP contribution in [0.5, 0.6) is 0 Å². The molecule has 7 heteroatoms. The van der Waals surface area contributed by atoms with E-state index in [-0.39, 0.29) is 11.5 Å². The summed E-state index contributed by atoms with van der Waals surface area (Å²) in [6, 6.07) is 4.83. The molecule has 0 aliphatic rings. The number of hydrogen-bond acceptors (Lipinski definition) is 4. The highest BCUT2D eigenvalue weighted by atomic mass is 32.2. The number of hydrogen-bond donors (Lipinski definition) is 2. The molecule has 2 aromatic heterocycles. The molecule has 0 bridgehead atoms. The van der Waals surface area contributed by atoms with Crippen LogP contribution in [0.3, 0.4) is 0 Å². The molecule has 0 saturated carbocycles. The standard InChI is InChI=1S/C14H19N3O3S/c1-3-7-17-9-13(8-12(17)10-18)21(19,20)16-14-5-4-6-15-11(14)2/h4-6,8-9,16,18H,3,7,10H2,1-2H3. The van der Waals surface area contributed by atoms with Crippen molar-refractivity contribution in [1.82, 2.24) is 9.55 Å². The number of nitrogens with one attached hydrogen (secondary N) is 1. The van der Waals surface area contributed by atoms with Crippen LogP contribution in [0.1, 0.15) is 24.7 Å². The van der Waals surface area contributed by atoms with Crippen molar-refractivity contribution in [2.24, 2.45) is 0 Å². The zero-order valence-electron chi connectivity index (χ0n) is 12.1. The number of rotatable bonds is 6. The summed E-state index contributed by atoms with van der Waals surface area (Å²) in [6.45, 7) is 4.20. The van der Waals surface area contributed by atoms with E-state index in [2.05, 4.69) is 9.71 Å². The van der Waals surface area contributed by atoms with Crippen molar-refractivity contribution in [2.45, 2.75) is 38.3 Å². The average molecular weight is 309 g/mol. The lowest BCUT2D eigenvalue weighted by Gasteiger charge is -2.08. The van der Waals surface area contributed by atoms with Crippen molar-refractivity contribution < 1.29 is 13.5 Å². The highest BCUT2D eigenvalue weighted by Crippen LogP contribution is 2.20. The molecule has 0 spiro atoms. The fourth-order valence-electron chi connectivity index (χ4n) is 2.05. The number of pyridine rings is 1. The summed E-state index contributed by atoms with van der Waals surface area (Å²) >= 11 is 0. The van der Waals surface area contributed by atoms with Gasteiger partial charge in [0, 0.05) is 24.6 Å². The summed E-state index contributed by atoms with van der Waals surface area (Å²) in [5, 5.41) is 9.31. The normalized spacial score (nSPS) is 11.6. The molecule has 21 heavy (non-hydrogen) atoms. The van der Waals surface area contributed by atoms with Crippen LogP contribution in [0.25, 0.3) is 0 Å². The summed E-state index contributed by atoms with van der Waals surface area (Å²) < 4.78 is 29.1. The van der Waals surface area contributed by atoms with E-state index in [1.807, 2.05) is 6.92 Å². The van der Waals surface area contributed by atoms with Crippen molar-refractivity contribution in [3.05, 3.63) is 42.0 Å². The van der Waals surface area contributed by atoms with Gasteiger partial charge in [0.1, 0.15) is 4.90 Å². The number of anilines is 1. The summed E-state index contributed by atoms with van der Waals surface area (Å²) in [5.41, 5.74) is 1.64. The number of aromatic nitrogens is 2. The monoisotopic (exact) mass is 309 g/mol. The predicted molar refractivity (Wildman–Crippen MR) is 80.4 cm³/mol. The van der Waals surface area contributed by atoms with Crippen LogP contribution in [0.2, 0.25) is 0 Å². The highest BCUT2D eigenvalue weighted by Gasteiger charge is 2.19. The van der Waals surface area contributed by atoms with Gasteiger partial charge in [-0.1, -0.05) is 6.92 Å². The molecule has 0 unspecified atom stereocenters. The Morgan fingerprint density at radius 3 is 2.81 bits per heavy atom. The number of aryl methyl sites for hydroxylation is 2. The fraction of sp³-hybridized carbons (Fsp3) is 0.357. The van der Waals surface area contributed by atoms with E-state index in [4.69, 9.17) is 0 Å². The maximum absolute atomic E-state index is 12.4. The molecule has 2 aromatic rings. The number of aliphatic hydroxyl groups is 1. The van der Waals surface area contributed by atoms with Crippen LogP contribution in [0.15, 0.2) is 35.5 Å². The Kier molecular flexibility index (Phi) is 4.64. The molecule has 2 heterocycles. The second-order valence-corrected chi connectivity index (χ2v) is 6.44. The van der Waals surface area contributed by atoms with Gasteiger partial charge in [0.2, 0.25) is 0 Å². The molecule has 114 valence electrons. The first-order valence-electron chi connectivity index (χ1n) is 6.72. The van der Waals surface area contributed by atoms with Gasteiger partial charge in [-0.2, -0.15) is 0 Å². The van der Waals surface area contributed by atoms with Gasteiger partial charge in [-0.25, -0.2) is 8.42 Å². The summed E-state index contributed by atoms with van der Waals surface area (Å²) in [6.07, 6.45) is 4.01. The van der Waals surface area contributed by atoms with E-state index < -0.39 is 10.0 Å². The lowest BCUT2D eigenvalue weighted by atomic mass is 10.3. The van der Waals surface area contributed by atoms with E-state index in [1.54, 1.807) is 36.0 Å². The van der Waals surface area contributed by atoms with Gasteiger partial charge in [-0.15, -0.1) is 0 Å². The predicted octanol–water partition coefficient (Wildman–Crippen LogP) is 1.89. The van der Waals surface area contributed by atoms with Crippen LogP contribution >= 0.6 is 0 Å². The van der Waals surface area contributed by atoms with Gasteiger partial charge in [-0.05, 0) is 31.5 Å². The minimum atomic E-state index is -3.69. The molecule has 0 atom stereocenters. The Balaban J connectivity index is 2.34. The molecule has 2 N–H and O–H groups in total.